The SMILES string of the molecule is CCOC(=O)C1=C(C)Nc2nnnn2C1c1ccccc1F. The van der Waals surface area contributed by atoms with Crippen LogP contribution in [0.25, 0.3) is 0 Å². The predicted molar refractivity (Wildman–Crippen MR) is 75.3 cm³/mol. The number of allylic oxidation sites excluding steroid dienone is 1. The summed E-state index contributed by atoms with van der Waals surface area (Å²) in [5.41, 5.74) is 1.13. The Bertz CT molecular complexity index is 755. The molecule has 0 saturated heterocycles. The molecule has 0 aliphatic carbocycles. The maximum atomic E-state index is 14.2. The van der Waals surface area contributed by atoms with Gasteiger partial charge in [-0.05, 0) is 30.3 Å². The number of hydrogen-bond donors (Lipinski definition) is 1. The van der Waals surface area contributed by atoms with Crippen LogP contribution in [0.5, 0.6) is 0 Å². The summed E-state index contributed by atoms with van der Waals surface area (Å²) in [7, 11) is 0. The summed E-state index contributed by atoms with van der Waals surface area (Å²) in [6.45, 7) is 3.64. The average Bonchev–Trinajstić information content (AvgIpc) is 2.94. The molecule has 114 valence electrons. The van der Waals surface area contributed by atoms with Gasteiger partial charge >= 0.3 is 5.97 Å². The molecular formula is C14H14FN5O2. The fourth-order valence-electron chi connectivity index (χ4n) is 2.47. The van der Waals surface area contributed by atoms with Crippen LogP contribution < -0.4 is 5.32 Å². The molecule has 22 heavy (non-hydrogen) atoms. The number of nitrogens with zero attached hydrogens (tertiary/aromatic N) is 4. The second-order valence-corrected chi connectivity index (χ2v) is 4.76. The third-order valence-corrected chi connectivity index (χ3v) is 3.41. The molecule has 2 heterocycles. The first-order chi connectivity index (χ1) is 10.6. The number of esters is 1. The lowest BCUT2D eigenvalue weighted by molar-refractivity contribution is -0.139. The van der Waals surface area contributed by atoms with Crippen molar-refractivity contribution in [3.05, 3.63) is 46.9 Å². The zero-order valence-corrected chi connectivity index (χ0v) is 12.1. The van der Waals surface area contributed by atoms with Crippen molar-refractivity contribution in [2.45, 2.75) is 19.9 Å². The van der Waals surface area contributed by atoms with Crippen molar-refractivity contribution in [3.8, 4) is 0 Å². The number of rotatable bonds is 3. The Labute approximate surface area is 125 Å². The van der Waals surface area contributed by atoms with Crippen LogP contribution in [-0.4, -0.2) is 32.8 Å². The van der Waals surface area contributed by atoms with Crippen molar-refractivity contribution < 1.29 is 13.9 Å². The Kier molecular flexibility index (Phi) is 3.58. The molecule has 0 saturated carbocycles. The Balaban J connectivity index is 2.18. The van der Waals surface area contributed by atoms with Crippen molar-refractivity contribution >= 4 is 11.9 Å². The van der Waals surface area contributed by atoms with Gasteiger partial charge in [-0.2, -0.15) is 4.68 Å². The highest BCUT2D eigenvalue weighted by atomic mass is 19.1. The van der Waals surface area contributed by atoms with Crippen LogP contribution in [0.15, 0.2) is 35.5 Å². The van der Waals surface area contributed by atoms with E-state index in [9.17, 15) is 9.18 Å². The second-order valence-electron chi connectivity index (χ2n) is 4.76. The van der Waals surface area contributed by atoms with Crippen molar-refractivity contribution in [1.82, 2.24) is 20.2 Å². The van der Waals surface area contributed by atoms with E-state index < -0.39 is 17.8 Å². The van der Waals surface area contributed by atoms with Crippen molar-refractivity contribution in [2.75, 3.05) is 11.9 Å². The molecule has 1 unspecified atom stereocenters. The summed E-state index contributed by atoms with van der Waals surface area (Å²) in [5.74, 6) is -0.619. The Morgan fingerprint density at radius 2 is 2.23 bits per heavy atom. The van der Waals surface area contributed by atoms with Gasteiger partial charge in [0.15, 0.2) is 0 Å². The van der Waals surface area contributed by atoms with Crippen molar-refractivity contribution in [1.29, 1.82) is 0 Å². The van der Waals surface area contributed by atoms with Gasteiger partial charge in [-0.15, -0.1) is 0 Å². The number of benzene rings is 1. The molecule has 1 aliphatic heterocycles. The zero-order chi connectivity index (χ0) is 15.7. The first-order valence-electron chi connectivity index (χ1n) is 6.80. The number of ether oxygens (including phenoxy) is 1. The number of hydrogen-bond acceptors (Lipinski definition) is 6. The maximum absolute atomic E-state index is 14.2. The molecule has 3 rings (SSSR count). The first kappa shape index (κ1) is 14.2. The highest BCUT2D eigenvalue weighted by Crippen LogP contribution is 2.35. The molecule has 1 N–H and O–H groups in total. The van der Waals surface area contributed by atoms with E-state index in [4.69, 9.17) is 4.74 Å². The number of tetrazole rings is 1. The smallest absolute Gasteiger partial charge is 0.338 e. The van der Waals surface area contributed by atoms with E-state index in [2.05, 4.69) is 20.8 Å². The molecule has 1 aromatic carbocycles. The monoisotopic (exact) mass is 303 g/mol. The van der Waals surface area contributed by atoms with Crippen LogP contribution >= 0.6 is 0 Å². The van der Waals surface area contributed by atoms with Gasteiger partial charge in [0.2, 0.25) is 5.95 Å². The second kappa shape index (κ2) is 5.55. The van der Waals surface area contributed by atoms with Crippen LogP contribution in [-0.2, 0) is 9.53 Å². The molecule has 0 amide bonds. The molecule has 1 aromatic heterocycles. The standard InChI is InChI=1S/C14H14FN5O2/c1-3-22-13(21)11-8(2)16-14-17-18-19-20(14)12(11)9-6-4-5-7-10(9)15/h4-7,12H,3H2,1-2H3,(H,16,17,19). The quantitative estimate of drug-likeness (QED) is 0.869. The number of halogens is 1. The van der Waals surface area contributed by atoms with E-state index >= 15 is 0 Å². The summed E-state index contributed by atoms with van der Waals surface area (Å²) < 4.78 is 20.7. The molecule has 1 aliphatic rings. The number of anilines is 1. The van der Waals surface area contributed by atoms with E-state index in [1.54, 1.807) is 32.0 Å². The summed E-state index contributed by atoms with van der Waals surface area (Å²) in [4.78, 5) is 12.3. The average molecular weight is 303 g/mol. The van der Waals surface area contributed by atoms with Crippen LogP contribution in [0.4, 0.5) is 10.3 Å². The molecule has 7 nitrogen and oxygen atoms in total. The zero-order valence-electron chi connectivity index (χ0n) is 12.1. The molecule has 0 radical (unpaired) electrons. The van der Waals surface area contributed by atoms with Crippen LogP contribution in [0.3, 0.4) is 0 Å². The highest BCUT2D eigenvalue weighted by molar-refractivity contribution is 5.92. The van der Waals surface area contributed by atoms with Gasteiger partial charge in [0.05, 0.1) is 12.2 Å². The van der Waals surface area contributed by atoms with E-state index in [-0.39, 0.29) is 12.2 Å². The number of nitrogens with one attached hydrogen (secondary N) is 1. The Morgan fingerprint density at radius 3 is 2.95 bits per heavy atom. The number of aromatic nitrogens is 4. The summed E-state index contributed by atoms with van der Waals surface area (Å²) >= 11 is 0. The van der Waals surface area contributed by atoms with Gasteiger partial charge in [-0.25, -0.2) is 9.18 Å². The van der Waals surface area contributed by atoms with Crippen LogP contribution in [0.1, 0.15) is 25.5 Å². The summed E-state index contributed by atoms with van der Waals surface area (Å²) in [5, 5.41) is 14.2. The molecule has 2 aromatic rings. The normalized spacial score (nSPS) is 17.0. The third kappa shape index (κ3) is 2.22. The lowest BCUT2D eigenvalue weighted by Crippen LogP contribution is -2.30. The highest BCUT2D eigenvalue weighted by Gasteiger charge is 2.36. The minimum absolute atomic E-state index is 0.224. The minimum atomic E-state index is -0.772. The van der Waals surface area contributed by atoms with E-state index in [1.165, 1.54) is 10.7 Å². The van der Waals surface area contributed by atoms with Gasteiger partial charge in [0.25, 0.3) is 0 Å². The Morgan fingerprint density at radius 1 is 1.45 bits per heavy atom. The van der Waals surface area contributed by atoms with Crippen LogP contribution in [0.2, 0.25) is 0 Å². The molecule has 1 atom stereocenters. The van der Waals surface area contributed by atoms with Gasteiger partial charge in [-0.1, -0.05) is 23.3 Å². The largest absolute Gasteiger partial charge is 0.463 e. The minimum Gasteiger partial charge on any atom is -0.463 e. The van der Waals surface area contributed by atoms with E-state index in [0.717, 1.165) is 0 Å². The fraction of sp³-hybridized carbons (Fsp3) is 0.286. The molecule has 0 bridgehead atoms. The lowest BCUT2D eigenvalue weighted by Gasteiger charge is -2.27. The van der Waals surface area contributed by atoms with Crippen LogP contribution in [0, 0.1) is 5.82 Å². The maximum Gasteiger partial charge on any atom is 0.338 e. The molecular weight excluding hydrogens is 289 g/mol. The van der Waals surface area contributed by atoms with E-state index in [1.807, 2.05) is 0 Å². The topological polar surface area (TPSA) is 81.9 Å². The number of carbonyl (C=O) groups excluding carboxylic acids is 1. The number of fused-ring (bicyclic) bond motifs is 1. The number of carbonyl (C=O) groups is 1. The summed E-state index contributed by atoms with van der Waals surface area (Å²) in [6.07, 6.45) is 0. The van der Waals surface area contributed by atoms with Gasteiger partial charge in [0.1, 0.15) is 11.9 Å². The Hall–Kier alpha value is -2.77. The lowest BCUT2D eigenvalue weighted by atomic mass is 9.95. The van der Waals surface area contributed by atoms with Gasteiger partial charge < -0.3 is 10.1 Å². The van der Waals surface area contributed by atoms with Crippen molar-refractivity contribution in [2.24, 2.45) is 0 Å². The fourth-order valence-corrected chi connectivity index (χ4v) is 2.47. The van der Waals surface area contributed by atoms with Gasteiger partial charge in [-0.3, -0.25) is 0 Å². The van der Waals surface area contributed by atoms with E-state index in [0.29, 0.717) is 17.2 Å². The predicted octanol–water partition coefficient (Wildman–Crippen LogP) is 1.66. The molecule has 0 spiro atoms. The molecule has 8 heteroatoms. The van der Waals surface area contributed by atoms with Crippen molar-refractivity contribution in [3.63, 3.8) is 0 Å². The first-order valence-corrected chi connectivity index (χ1v) is 6.80. The summed E-state index contributed by atoms with van der Waals surface area (Å²) in [6, 6.07) is 5.44. The van der Waals surface area contributed by atoms with Gasteiger partial charge in [0, 0.05) is 11.3 Å². The third-order valence-electron chi connectivity index (χ3n) is 3.41. The molecule has 0 fully saturated rings.